The Hall–Kier alpha value is -3.07. The number of nitrogens with one attached hydrogen (secondary N) is 2. The predicted octanol–water partition coefficient (Wildman–Crippen LogP) is 1.87. The molecular formula is C21H30N4O5. The van der Waals surface area contributed by atoms with Gasteiger partial charge in [-0.25, -0.2) is 15.0 Å². The van der Waals surface area contributed by atoms with Gasteiger partial charge in [0.15, 0.2) is 0 Å². The Bertz CT molecular complexity index is 830. The minimum absolute atomic E-state index is 0.247. The molecule has 1 aromatic carbocycles. The van der Waals surface area contributed by atoms with Gasteiger partial charge in [0.05, 0.1) is 18.7 Å². The van der Waals surface area contributed by atoms with Crippen LogP contribution in [0, 0.1) is 0 Å². The number of hydrogen-bond acceptors (Lipinski definition) is 7. The second-order valence-corrected chi connectivity index (χ2v) is 8.17. The Morgan fingerprint density at radius 3 is 2.20 bits per heavy atom. The molecule has 30 heavy (non-hydrogen) atoms. The standard InChI is InChI=1S/C21H30N4O5/c1-13-15(19(27)29-7)16(22-17(26)14-11-9-8-10-12-14)18(24(5)6)25(13)23-20(28)30-21(2,3)4/h8-12,16,18H,1-7H3,(H,22,26)(H,23,28)/t16-,18-/m1/s1. The maximum atomic E-state index is 12.8. The molecule has 2 N–H and O–H groups in total. The highest BCUT2D eigenvalue weighted by Crippen LogP contribution is 2.30. The fraction of sp³-hybridized carbons (Fsp3) is 0.476. The summed E-state index contributed by atoms with van der Waals surface area (Å²) in [6, 6.07) is 7.93. The van der Waals surface area contributed by atoms with Crippen LogP contribution >= 0.6 is 0 Å². The molecule has 2 rings (SSSR count). The summed E-state index contributed by atoms with van der Waals surface area (Å²) in [5.74, 6) is -0.938. The number of rotatable bonds is 5. The molecule has 0 radical (unpaired) electrons. The molecule has 0 fully saturated rings. The fourth-order valence-corrected chi connectivity index (χ4v) is 3.28. The van der Waals surface area contributed by atoms with Gasteiger partial charge in [0.25, 0.3) is 5.91 Å². The van der Waals surface area contributed by atoms with Crippen molar-refractivity contribution in [2.45, 2.75) is 45.5 Å². The number of ether oxygens (including phenoxy) is 2. The van der Waals surface area contributed by atoms with Crippen LogP contribution in [0.3, 0.4) is 0 Å². The first kappa shape index (κ1) is 23.2. The molecule has 0 saturated heterocycles. The highest BCUT2D eigenvalue weighted by Gasteiger charge is 2.46. The number of hydrazine groups is 1. The fourth-order valence-electron chi connectivity index (χ4n) is 3.28. The first-order chi connectivity index (χ1) is 14.0. The number of likely N-dealkylation sites (N-methyl/N-ethyl adjacent to an activating group) is 1. The SMILES string of the molecule is COC(=O)C1=C(C)N(NC(=O)OC(C)(C)C)[C@@H](N(C)C)[C@@H]1NC(=O)c1ccccc1. The first-order valence-corrected chi connectivity index (χ1v) is 9.56. The quantitative estimate of drug-likeness (QED) is 0.704. The summed E-state index contributed by atoms with van der Waals surface area (Å²) >= 11 is 0. The summed E-state index contributed by atoms with van der Waals surface area (Å²) < 4.78 is 10.3. The van der Waals surface area contributed by atoms with E-state index >= 15 is 0 Å². The Labute approximate surface area is 177 Å². The largest absolute Gasteiger partial charge is 0.466 e. The summed E-state index contributed by atoms with van der Waals surface area (Å²) in [7, 11) is 4.83. The van der Waals surface area contributed by atoms with Crippen LogP contribution in [-0.2, 0) is 14.3 Å². The van der Waals surface area contributed by atoms with Gasteiger partial charge in [-0.3, -0.25) is 14.7 Å². The van der Waals surface area contributed by atoms with Crippen molar-refractivity contribution < 1.29 is 23.9 Å². The van der Waals surface area contributed by atoms with Gasteiger partial charge in [-0.15, -0.1) is 0 Å². The molecular weight excluding hydrogens is 388 g/mol. The third-order valence-electron chi connectivity index (χ3n) is 4.49. The third-order valence-corrected chi connectivity index (χ3v) is 4.49. The van der Waals surface area contributed by atoms with E-state index < -0.39 is 29.9 Å². The van der Waals surface area contributed by atoms with Crippen molar-refractivity contribution in [2.24, 2.45) is 0 Å². The first-order valence-electron chi connectivity index (χ1n) is 9.56. The molecule has 1 aromatic rings. The molecule has 0 saturated carbocycles. The van der Waals surface area contributed by atoms with Gasteiger partial charge in [-0.2, -0.15) is 0 Å². The number of hydrogen-bond donors (Lipinski definition) is 2. The Kier molecular flexibility index (Phi) is 7.09. The summed E-state index contributed by atoms with van der Waals surface area (Å²) in [6.45, 7) is 6.94. The lowest BCUT2D eigenvalue weighted by Crippen LogP contribution is -2.59. The number of methoxy groups -OCH3 is 1. The molecule has 1 aliphatic heterocycles. The average molecular weight is 418 g/mol. The van der Waals surface area contributed by atoms with Crippen LogP contribution in [0.25, 0.3) is 0 Å². The normalized spacial score (nSPS) is 19.0. The molecule has 9 nitrogen and oxygen atoms in total. The molecule has 1 heterocycles. The van der Waals surface area contributed by atoms with E-state index in [1.54, 1.807) is 71.0 Å². The lowest BCUT2D eigenvalue weighted by molar-refractivity contribution is -0.136. The maximum Gasteiger partial charge on any atom is 0.426 e. The Morgan fingerprint density at radius 2 is 1.70 bits per heavy atom. The Balaban J connectivity index is 2.39. The van der Waals surface area contributed by atoms with Crippen LogP contribution in [0.5, 0.6) is 0 Å². The summed E-state index contributed by atoms with van der Waals surface area (Å²) in [5.41, 5.74) is 3.14. The van der Waals surface area contributed by atoms with E-state index in [9.17, 15) is 14.4 Å². The van der Waals surface area contributed by atoms with Crippen molar-refractivity contribution in [3.05, 3.63) is 47.2 Å². The van der Waals surface area contributed by atoms with Gasteiger partial charge in [0.1, 0.15) is 11.8 Å². The van der Waals surface area contributed by atoms with Gasteiger partial charge < -0.3 is 14.8 Å². The van der Waals surface area contributed by atoms with E-state index in [-0.39, 0.29) is 11.5 Å². The van der Waals surface area contributed by atoms with Crippen LogP contribution < -0.4 is 10.7 Å². The number of allylic oxidation sites excluding steroid dienone is 1. The van der Waals surface area contributed by atoms with E-state index in [1.807, 2.05) is 6.07 Å². The lowest BCUT2D eigenvalue weighted by atomic mass is 10.1. The van der Waals surface area contributed by atoms with Gasteiger partial charge in [-0.05, 0) is 53.9 Å². The number of carbonyl (C=O) groups is 3. The number of benzene rings is 1. The van der Waals surface area contributed by atoms with E-state index in [4.69, 9.17) is 9.47 Å². The molecule has 0 bridgehead atoms. The van der Waals surface area contributed by atoms with Crippen molar-refractivity contribution in [2.75, 3.05) is 21.2 Å². The second-order valence-electron chi connectivity index (χ2n) is 8.17. The maximum absolute atomic E-state index is 12.8. The van der Waals surface area contributed by atoms with Gasteiger partial charge >= 0.3 is 12.1 Å². The monoisotopic (exact) mass is 418 g/mol. The minimum Gasteiger partial charge on any atom is -0.466 e. The summed E-state index contributed by atoms with van der Waals surface area (Å²) in [5, 5.41) is 4.41. The minimum atomic E-state index is -0.755. The number of carbonyl (C=O) groups excluding carboxylic acids is 3. The van der Waals surface area contributed by atoms with Crippen LogP contribution in [0.15, 0.2) is 41.6 Å². The van der Waals surface area contributed by atoms with E-state index in [2.05, 4.69) is 10.7 Å². The molecule has 0 unspecified atom stereocenters. The predicted molar refractivity (Wildman–Crippen MR) is 111 cm³/mol. The van der Waals surface area contributed by atoms with Crippen molar-refractivity contribution in [3.63, 3.8) is 0 Å². The zero-order valence-corrected chi connectivity index (χ0v) is 18.5. The summed E-state index contributed by atoms with van der Waals surface area (Å²) in [6.07, 6.45) is -1.26. The highest BCUT2D eigenvalue weighted by molar-refractivity contribution is 5.97. The summed E-state index contributed by atoms with van der Waals surface area (Å²) in [4.78, 5) is 39.6. The highest BCUT2D eigenvalue weighted by atomic mass is 16.6. The van der Waals surface area contributed by atoms with Crippen molar-refractivity contribution >= 4 is 18.0 Å². The third kappa shape index (κ3) is 5.29. The zero-order valence-electron chi connectivity index (χ0n) is 18.5. The molecule has 2 atom stereocenters. The molecule has 9 heteroatoms. The Morgan fingerprint density at radius 1 is 1.10 bits per heavy atom. The molecule has 164 valence electrons. The van der Waals surface area contributed by atoms with Crippen LogP contribution in [0.1, 0.15) is 38.1 Å². The van der Waals surface area contributed by atoms with Crippen LogP contribution in [0.2, 0.25) is 0 Å². The zero-order chi connectivity index (χ0) is 22.6. The van der Waals surface area contributed by atoms with Crippen molar-refractivity contribution in [3.8, 4) is 0 Å². The van der Waals surface area contributed by atoms with Crippen molar-refractivity contribution in [1.82, 2.24) is 20.7 Å². The molecule has 2 amide bonds. The number of esters is 1. The van der Waals surface area contributed by atoms with Crippen molar-refractivity contribution in [1.29, 1.82) is 0 Å². The smallest absolute Gasteiger partial charge is 0.426 e. The average Bonchev–Trinajstić information content (AvgIpc) is 2.91. The topological polar surface area (TPSA) is 100 Å². The molecule has 0 spiro atoms. The number of nitrogens with zero attached hydrogens (tertiary/aromatic N) is 2. The van der Waals surface area contributed by atoms with Gasteiger partial charge in [-0.1, -0.05) is 18.2 Å². The molecule has 0 aromatic heterocycles. The van der Waals surface area contributed by atoms with E-state index in [0.717, 1.165) is 0 Å². The molecule has 1 aliphatic rings. The lowest BCUT2D eigenvalue weighted by Gasteiger charge is -2.36. The second kappa shape index (κ2) is 9.17. The van der Waals surface area contributed by atoms with Gasteiger partial charge in [0.2, 0.25) is 0 Å². The van der Waals surface area contributed by atoms with Crippen LogP contribution in [-0.4, -0.2) is 66.9 Å². The molecule has 0 aliphatic carbocycles. The number of amides is 2. The van der Waals surface area contributed by atoms with E-state index in [1.165, 1.54) is 12.1 Å². The van der Waals surface area contributed by atoms with Crippen LogP contribution in [0.4, 0.5) is 4.79 Å². The van der Waals surface area contributed by atoms with Gasteiger partial charge in [0, 0.05) is 11.3 Å². The van der Waals surface area contributed by atoms with E-state index in [0.29, 0.717) is 11.3 Å².